The number of nitrogens with zero attached hydrogens (tertiary/aromatic N) is 3. The van der Waals surface area contributed by atoms with Crippen LogP contribution >= 0.6 is 0 Å². The van der Waals surface area contributed by atoms with Gasteiger partial charge in [0, 0.05) is 17.7 Å². The second kappa shape index (κ2) is 11.2. The first-order valence-corrected chi connectivity index (χ1v) is 11.8. The van der Waals surface area contributed by atoms with Crippen LogP contribution in [0.5, 0.6) is 11.5 Å². The van der Waals surface area contributed by atoms with E-state index in [0.717, 1.165) is 33.3 Å². The zero-order chi connectivity index (χ0) is 26.4. The second-order valence-electron chi connectivity index (χ2n) is 8.42. The van der Waals surface area contributed by atoms with Crippen LogP contribution in [0.2, 0.25) is 0 Å². The quantitative estimate of drug-likeness (QED) is 0.116. The van der Waals surface area contributed by atoms with Crippen molar-refractivity contribution >= 4 is 28.4 Å². The minimum atomic E-state index is -0.436. The van der Waals surface area contributed by atoms with Gasteiger partial charge >= 0.3 is 0 Å². The Morgan fingerprint density at radius 3 is 2.65 bits per heavy atom. The van der Waals surface area contributed by atoms with E-state index in [1.807, 2.05) is 44.2 Å². The van der Waals surface area contributed by atoms with E-state index >= 15 is 0 Å². The van der Waals surface area contributed by atoms with Crippen molar-refractivity contribution in [2.45, 2.75) is 26.9 Å². The number of allylic oxidation sites excluding steroid dienone is 2. The first kappa shape index (κ1) is 25.2. The molecule has 0 saturated carbocycles. The summed E-state index contributed by atoms with van der Waals surface area (Å²) in [4.78, 5) is 18.3. The van der Waals surface area contributed by atoms with Crippen LogP contribution in [0.4, 0.5) is 5.69 Å². The summed E-state index contributed by atoms with van der Waals surface area (Å²) >= 11 is 0. The van der Waals surface area contributed by atoms with E-state index in [1.165, 1.54) is 12.1 Å². The molecular formula is C29H26N4O4. The number of nitriles is 1. The van der Waals surface area contributed by atoms with Crippen molar-refractivity contribution in [2.24, 2.45) is 0 Å². The number of aromatic nitrogens is 2. The van der Waals surface area contributed by atoms with E-state index < -0.39 is 4.92 Å². The standard InChI is InChI=1S/C29H26N4O4/c1-4-6-22-14-21(15-23(17-30)29-31-25-12-7-19(3)13-26(25)32-29)16-27(36-5-2)28(22)37-18-20-8-10-24(11-9-20)33(34)35/h4,7-16H,1,5-6,18H2,2-3H3,(H,31,32)/b23-15-. The highest BCUT2D eigenvalue weighted by Gasteiger charge is 2.15. The summed E-state index contributed by atoms with van der Waals surface area (Å²) in [7, 11) is 0. The van der Waals surface area contributed by atoms with Gasteiger partial charge in [-0.05, 0) is 79.4 Å². The maximum absolute atomic E-state index is 10.9. The van der Waals surface area contributed by atoms with Crippen molar-refractivity contribution < 1.29 is 14.4 Å². The van der Waals surface area contributed by atoms with Crippen molar-refractivity contribution in [2.75, 3.05) is 6.61 Å². The molecule has 8 heteroatoms. The van der Waals surface area contributed by atoms with Gasteiger partial charge < -0.3 is 14.5 Å². The maximum Gasteiger partial charge on any atom is 0.269 e. The van der Waals surface area contributed by atoms with E-state index in [9.17, 15) is 15.4 Å². The monoisotopic (exact) mass is 494 g/mol. The molecule has 0 spiro atoms. The summed E-state index contributed by atoms with van der Waals surface area (Å²) in [6, 6.07) is 18.1. The highest BCUT2D eigenvalue weighted by atomic mass is 16.6. The lowest BCUT2D eigenvalue weighted by Gasteiger charge is -2.17. The molecule has 0 aliphatic heterocycles. The number of nitro groups is 1. The normalized spacial score (nSPS) is 11.2. The molecule has 0 fully saturated rings. The van der Waals surface area contributed by atoms with Crippen LogP contribution in [0.3, 0.4) is 0 Å². The minimum absolute atomic E-state index is 0.0233. The van der Waals surface area contributed by atoms with Crippen molar-refractivity contribution in [3.8, 4) is 17.6 Å². The Bertz CT molecular complexity index is 1530. The molecule has 37 heavy (non-hydrogen) atoms. The average Bonchev–Trinajstić information content (AvgIpc) is 3.30. The summed E-state index contributed by atoms with van der Waals surface area (Å²) in [5, 5.41) is 20.8. The van der Waals surface area contributed by atoms with Gasteiger partial charge in [0.1, 0.15) is 18.5 Å². The van der Waals surface area contributed by atoms with E-state index in [1.54, 1.807) is 24.3 Å². The molecule has 4 rings (SSSR count). The van der Waals surface area contributed by atoms with Crippen molar-refractivity contribution in [3.63, 3.8) is 0 Å². The molecule has 0 atom stereocenters. The Kier molecular flexibility index (Phi) is 7.65. The smallest absolute Gasteiger partial charge is 0.269 e. The number of aryl methyl sites for hydroxylation is 1. The lowest BCUT2D eigenvalue weighted by atomic mass is 10.0. The maximum atomic E-state index is 10.9. The molecule has 1 aromatic heterocycles. The number of imidazole rings is 1. The summed E-state index contributed by atoms with van der Waals surface area (Å²) in [5.74, 6) is 1.59. The molecule has 4 aromatic rings. The Morgan fingerprint density at radius 1 is 1.19 bits per heavy atom. The minimum Gasteiger partial charge on any atom is -0.490 e. The third-order valence-corrected chi connectivity index (χ3v) is 5.67. The number of ether oxygens (including phenoxy) is 2. The fraction of sp³-hybridized carbons (Fsp3) is 0.172. The number of rotatable bonds is 10. The molecule has 8 nitrogen and oxygen atoms in total. The second-order valence-corrected chi connectivity index (χ2v) is 8.42. The predicted octanol–water partition coefficient (Wildman–Crippen LogP) is 6.55. The first-order chi connectivity index (χ1) is 17.9. The van der Waals surface area contributed by atoms with Gasteiger partial charge in [-0.3, -0.25) is 10.1 Å². The molecule has 1 heterocycles. The molecule has 0 bridgehead atoms. The molecule has 0 radical (unpaired) electrons. The molecule has 1 N–H and O–H groups in total. The zero-order valence-electron chi connectivity index (χ0n) is 20.7. The summed E-state index contributed by atoms with van der Waals surface area (Å²) in [6.45, 7) is 8.37. The van der Waals surface area contributed by atoms with Crippen LogP contribution in [0.25, 0.3) is 22.7 Å². The number of hydrogen-bond donors (Lipinski definition) is 1. The lowest BCUT2D eigenvalue weighted by molar-refractivity contribution is -0.384. The largest absolute Gasteiger partial charge is 0.490 e. The molecule has 0 amide bonds. The third kappa shape index (κ3) is 5.85. The van der Waals surface area contributed by atoms with Gasteiger partial charge in [0.15, 0.2) is 11.5 Å². The first-order valence-electron chi connectivity index (χ1n) is 11.8. The Balaban J connectivity index is 1.69. The van der Waals surface area contributed by atoms with Crippen LogP contribution in [0.15, 0.2) is 67.3 Å². The molecule has 0 saturated heterocycles. The molecule has 186 valence electrons. The van der Waals surface area contributed by atoms with Gasteiger partial charge in [-0.2, -0.15) is 5.26 Å². The summed E-state index contributed by atoms with van der Waals surface area (Å²) in [5.41, 5.74) is 5.56. The Hall–Kier alpha value is -4.90. The average molecular weight is 495 g/mol. The van der Waals surface area contributed by atoms with E-state index in [0.29, 0.717) is 35.9 Å². The fourth-order valence-corrected chi connectivity index (χ4v) is 3.94. The summed E-state index contributed by atoms with van der Waals surface area (Å²) < 4.78 is 12.0. The van der Waals surface area contributed by atoms with Crippen molar-refractivity contribution in [1.82, 2.24) is 9.97 Å². The van der Waals surface area contributed by atoms with Gasteiger partial charge in [0.05, 0.1) is 28.1 Å². The van der Waals surface area contributed by atoms with Crippen LogP contribution in [0, 0.1) is 28.4 Å². The zero-order valence-corrected chi connectivity index (χ0v) is 20.7. The van der Waals surface area contributed by atoms with Gasteiger partial charge in [0.25, 0.3) is 5.69 Å². The predicted molar refractivity (Wildman–Crippen MR) is 143 cm³/mol. The summed E-state index contributed by atoms with van der Waals surface area (Å²) in [6.07, 6.45) is 4.05. The number of H-pyrrole nitrogens is 1. The third-order valence-electron chi connectivity index (χ3n) is 5.67. The topological polar surface area (TPSA) is 114 Å². The van der Waals surface area contributed by atoms with E-state index in [-0.39, 0.29) is 12.3 Å². The number of fused-ring (bicyclic) bond motifs is 1. The highest BCUT2D eigenvalue weighted by molar-refractivity contribution is 5.90. The van der Waals surface area contributed by atoms with Crippen LogP contribution in [0.1, 0.15) is 35.0 Å². The number of nitrogens with one attached hydrogen (secondary N) is 1. The molecular weight excluding hydrogens is 468 g/mol. The number of benzene rings is 3. The highest BCUT2D eigenvalue weighted by Crippen LogP contribution is 2.36. The van der Waals surface area contributed by atoms with Crippen LogP contribution < -0.4 is 9.47 Å². The lowest BCUT2D eigenvalue weighted by Crippen LogP contribution is -2.03. The van der Waals surface area contributed by atoms with Gasteiger partial charge in [-0.25, -0.2) is 4.98 Å². The Labute approximate surface area is 214 Å². The van der Waals surface area contributed by atoms with E-state index in [2.05, 4.69) is 22.6 Å². The van der Waals surface area contributed by atoms with Crippen molar-refractivity contribution in [3.05, 3.63) is 105 Å². The van der Waals surface area contributed by atoms with Gasteiger partial charge in [0.2, 0.25) is 0 Å². The number of hydrogen-bond acceptors (Lipinski definition) is 6. The molecule has 0 unspecified atom stereocenters. The number of nitro benzene ring substituents is 1. The molecule has 3 aromatic carbocycles. The molecule has 0 aliphatic carbocycles. The SMILES string of the molecule is C=CCc1cc(/C=C(/C#N)c2nc3ccc(C)cc3[nH]2)cc(OCC)c1OCc1ccc([N+](=O)[O-])cc1. The number of aromatic amines is 1. The fourth-order valence-electron chi connectivity index (χ4n) is 3.94. The molecule has 0 aliphatic rings. The van der Waals surface area contributed by atoms with Crippen molar-refractivity contribution in [1.29, 1.82) is 5.26 Å². The Morgan fingerprint density at radius 2 is 1.97 bits per heavy atom. The van der Waals surface area contributed by atoms with Crippen LogP contribution in [-0.4, -0.2) is 21.5 Å². The van der Waals surface area contributed by atoms with Gasteiger partial charge in [-0.1, -0.05) is 12.1 Å². The van der Waals surface area contributed by atoms with E-state index in [4.69, 9.17) is 9.47 Å². The van der Waals surface area contributed by atoms with Gasteiger partial charge in [-0.15, -0.1) is 6.58 Å². The van der Waals surface area contributed by atoms with Crippen LogP contribution in [-0.2, 0) is 13.0 Å². The number of non-ortho nitro benzene ring substituents is 1.